The molecule has 0 unspecified atom stereocenters. The first-order valence-electron chi connectivity index (χ1n) is 4.52. The van der Waals surface area contributed by atoms with Crippen molar-refractivity contribution in [2.45, 2.75) is 13.0 Å². The quantitative estimate of drug-likeness (QED) is 0.489. The summed E-state index contributed by atoms with van der Waals surface area (Å²) in [5.41, 5.74) is 3.37. The predicted octanol–water partition coefficient (Wildman–Crippen LogP) is 1.32. The van der Waals surface area contributed by atoms with E-state index in [9.17, 15) is 4.79 Å². The smallest absolute Gasteiger partial charge is 0.235 e. The highest BCUT2D eigenvalue weighted by Crippen LogP contribution is 2.21. The lowest BCUT2D eigenvalue weighted by Crippen LogP contribution is -2.33. The average Bonchev–Trinajstić information content (AvgIpc) is 2.60. The van der Waals surface area contributed by atoms with Crippen LogP contribution in [0.4, 0.5) is 0 Å². The number of carbonyl (C=O) groups excluding carboxylic acids is 1. The highest BCUT2D eigenvalue weighted by atomic mass is 79.9. The van der Waals surface area contributed by atoms with Gasteiger partial charge in [-0.3, -0.25) is 10.2 Å². The van der Waals surface area contributed by atoms with Crippen molar-refractivity contribution in [1.82, 2.24) is 10.3 Å². The number of rotatable bonds is 5. The zero-order valence-electron chi connectivity index (χ0n) is 8.50. The molecule has 0 bridgehead atoms. The summed E-state index contributed by atoms with van der Waals surface area (Å²) in [7, 11) is 1.98. The maximum absolute atomic E-state index is 10.9. The van der Waals surface area contributed by atoms with Gasteiger partial charge in [0.1, 0.15) is 0 Å². The zero-order valence-corrected chi connectivity index (χ0v) is 10.9. The summed E-state index contributed by atoms with van der Waals surface area (Å²) in [6, 6.07) is 2.09. The SMILES string of the molecule is CN(CCC(=O)NN)Cc1csc(Br)c1. The Balaban J connectivity index is 2.30. The zero-order chi connectivity index (χ0) is 11.3. The number of nitrogens with one attached hydrogen (secondary N) is 1. The van der Waals surface area contributed by atoms with Gasteiger partial charge in [0, 0.05) is 19.5 Å². The van der Waals surface area contributed by atoms with E-state index in [4.69, 9.17) is 5.84 Å². The second-order valence-electron chi connectivity index (χ2n) is 3.31. The third kappa shape index (κ3) is 4.74. The Morgan fingerprint density at radius 1 is 1.73 bits per heavy atom. The fourth-order valence-electron chi connectivity index (χ4n) is 1.18. The number of nitrogens with zero attached hydrogens (tertiary/aromatic N) is 1. The van der Waals surface area contributed by atoms with E-state index in [0.29, 0.717) is 13.0 Å². The molecule has 0 aliphatic heterocycles. The highest BCUT2D eigenvalue weighted by molar-refractivity contribution is 9.11. The lowest BCUT2D eigenvalue weighted by Gasteiger charge is -2.14. The van der Waals surface area contributed by atoms with Gasteiger partial charge in [-0.25, -0.2) is 5.84 Å². The van der Waals surface area contributed by atoms with Crippen LogP contribution in [0.2, 0.25) is 0 Å². The molecule has 0 spiro atoms. The molecule has 4 nitrogen and oxygen atoms in total. The number of nitrogens with two attached hydrogens (primary N) is 1. The Bertz CT molecular complexity index is 329. The van der Waals surface area contributed by atoms with Gasteiger partial charge in [-0.2, -0.15) is 0 Å². The van der Waals surface area contributed by atoms with Crippen LogP contribution in [0, 0.1) is 0 Å². The van der Waals surface area contributed by atoms with E-state index >= 15 is 0 Å². The van der Waals surface area contributed by atoms with E-state index < -0.39 is 0 Å². The molecule has 6 heteroatoms. The van der Waals surface area contributed by atoms with Gasteiger partial charge in [-0.05, 0) is 40.0 Å². The lowest BCUT2D eigenvalue weighted by molar-refractivity contribution is -0.121. The molecule has 1 rings (SSSR count). The van der Waals surface area contributed by atoms with Crippen LogP contribution in [0.25, 0.3) is 0 Å². The normalized spacial score (nSPS) is 10.7. The Labute approximate surface area is 102 Å². The summed E-state index contributed by atoms with van der Waals surface area (Å²) in [4.78, 5) is 13.0. The predicted molar refractivity (Wildman–Crippen MR) is 65.3 cm³/mol. The Morgan fingerprint density at radius 2 is 2.47 bits per heavy atom. The number of hydrogen-bond acceptors (Lipinski definition) is 4. The fraction of sp³-hybridized carbons (Fsp3) is 0.444. The van der Waals surface area contributed by atoms with Gasteiger partial charge in [0.15, 0.2) is 0 Å². The van der Waals surface area contributed by atoms with Gasteiger partial charge in [0.05, 0.1) is 3.79 Å². The summed E-state index contributed by atoms with van der Waals surface area (Å²) in [6.45, 7) is 1.55. The van der Waals surface area contributed by atoms with Crippen molar-refractivity contribution in [3.05, 3.63) is 20.8 Å². The van der Waals surface area contributed by atoms with Crippen molar-refractivity contribution >= 4 is 33.2 Å². The van der Waals surface area contributed by atoms with E-state index in [-0.39, 0.29) is 5.91 Å². The van der Waals surface area contributed by atoms with Gasteiger partial charge in [0.2, 0.25) is 5.91 Å². The van der Waals surface area contributed by atoms with Crippen molar-refractivity contribution < 1.29 is 4.79 Å². The van der Waals surface area contributed by atoms with Crippen LogP contribution < -0.4 is 11.3 Å². The van der Waals surface area contributed by atoms with Crippen molar-refractivity contribution in [3.63, 3.8) is 0 Å². The molecule has 1 aromatic rings. The monoisotopic (exact) mass is 291 g/mol. The van der Waals surface area contributed by atoms with Crippen LogP contribution in [-0.4, -0.2) is 24.4 Å². The van der Waals surface area contributed by atoms with Crippen molar-refractivity contribution in [2.75, 3.05) is 13.6 Å². The largest absolute Gasteiger partial charge is 0.302 e. The molecule has 0 aliphatic rings. The van der Waals surface area contributed by atoms with Crippen LogP contribution in [0.3, 0.4) is 0 Å². The van der Waals surface area contributed by atoms with Gasteiger partial charge < -0.3 is 4.90 Å². The molecule has 0 aliphatic carbocycles. The maximum atomic E-state index is 10.9. The first-order valence-corrected chi connectivity index (χ1v) is 6.20. The van der Waals surface area contributed by atoms with E-state index in [2.05, 4.69) is 37.7 Å². The minimum atomic E-state index is -0.131. The Morgan fingerprint density at radius 3 is 3.00 bits per heavy atom. The Hall–Kier alpha value is -0.430. The molecule has 3 N–H and O–H groups in total. The molecule has 0 saturated heterocycles. The molecule has 0 radical (unpaired) electrons. The number of amides is 1. The first kappa shape index (κ1) is 12.6. The highest BCUT2D eigenvalue weighted by Gasteiger charge is 2.05. The van der Waals surface area contributed by atoms with Crippen molar-refractivity contribution in [3.8, 4) is 0 Å². The van der Waals surface area contributed by atoms with E-state index in [1.165, 1.54) is 5.56 Å². The van der Waals surface area contributed by atoms with Gasteiger partial charge in [-0.1, -0.05) is 0 Å². The van der Waals surface area contributed by atoms with E-state index in [1.54, 1.807) is 11.3 Å². The molecule has 0 atom stereocenters. The van der Waals surface area contributed by atoms with E-state index in [0.717, 1.165) is 10.3 Å². The molecule has 1 heterocycles. The molecule has 15 heavy (non-hydrogen) atoms. The molecule has 84 valence electrons. The minimum Gasteiger partial charge on any atom is -0.302 e. The molecule has 0 saturated carbocycles. The fourth-order valence-corrected chi connectivity index (χ4v) is 2.38. The average molecular weight is 292 g/mol. The number of thiophene rings is 1. The number of hydrogen-bond donors (Lipinski definition) is 2. The van der Waals surface area contributed by atoms with Gasteiger partial charge in [0.25, 0.3) is 0 Å². The minimum absolute atomic E-state index is 0.131. The molecular formula is C9H14BrN3OS. The number of halogens is 1. The third-order valence-corrected chi connectivity index (χ3v) is 3.51. The first-order chi connectivity index (χ1) is 7.11. The van der Waals surface area contributed by atoms with Crippen LogP contribution in [0.15, 0.2) is 15.2 Å². The standard InChI is InChI=1S/C9H14BrN3OS/c1-13(3-2-9(14)12-11)5-7-4-8(10)15-6-7/h4,6H,2-3,5,11H2,1H3,(H,12,14). The lowest BCUT2D eigenvalue weighted by atomic mass is 10.3. The summed E-state index contributed by atoms with van der Waals surface area (Å²) in [5.74, 6) is 4.86. The van der Waals surface area contributed by atoms with Crippen LogP contribution in [0.1, 0.15) is 12.0 Å². The summed E-state index contributed by atoms with van der Waals surface area (Å²) >= 11 is 5.08. The van der Waals surface area contributed by atoms with Crippen molar-refractivity contribution in [1.29, 1.82) is 0 Å². The topological polar surface area (TPSA) is 58.4 Å². The summed E-state index contributed by atoms with van der Waals surface area (Å²) < 4.78 is 1.13. The molecule has 1 amide bonds. The molecule has 0 aromatic carbocycles. The third-order valence-electron chi connectivity index (χ3n) is 1.96. The second-order valence-corrected chi connectivity index (χ2v) is 5.60. The summed E-state index contributed by atoms with van der Waals surface area (Å²) in [5, 5.41) is 2.10. The molecule has 1 aromatic heterocycles. The van der Waals surface area contributed by atoms with Crippen LogP contribution in [-0.2, 0) is 11.3 Å². The van der Waals surface area contributed by atoms with E-state index in [1.807, 2.05) is 7.05 Å². The maximum Gasteiger partial charge on any atom is 0.235 e. The number of hydrazine groups is 1. The van der Waals surface area contributed by atoms with Gasteiger partial charge in [-0.15, -0.1) is 11.3 Å². The van der Waals surface area contributed by atoms with Gasteiger partial charge >= 0.3 is 0 Å². The summed E-state index contributed by atoms with van der Waals surface area (Å²) in [6.07, 6.45) is 0.429. The molecular weight excluding hydrogens is 278 g/mol. The number of carbonyl (C=O) groups is 1. The van der Waals surface area contributed by atoms with Crippen molar-refractivity contribution in [2.24, 2.45) is 5.84 Å². The van der Waals surface area contributed by atoms with Crippen LogP contribution in [0.5, 0.6) is 0 Å². The van der Waals surface area contributed by atoms with Crippen LogP contribution >= 0.6 is 27.3 Å². The molecule has 0 fully saturated rings. The second kappa shape index (κ2) is 6.22. The Kier molecular flexibility index (Phi) is 5.24.